The first kappa shape index (κ1) is 16.8. The number of nitrogens with one attached hydrogen (secondary N) is 3. The van der Waals surface area contributed by atoms with Crippen LogP contribution >= 0.6 is 11.6 Å². The van der Waals surface area contributed by atoms with Crippen molar-refractivity contribution in [2.45, 2.75) is 13.8 Å². The van der Waals surface area contributed by atoms with E-state index in [1.54, 1.807) is 44.2 Å². The van der Waals surface area contributed by atoms with Gasteiger partial charge in [-0.3, -0.25) is 25.5 Å². The second kappa shape index (κ2) is 6.82. The van der Waals surface area contributed by atoms with Crippen LogP contribution in [0.1, 0.15) is 32.2 Å². The van der Waals surface area contributed by atoms with Crippen molar-refractivity contribution in [2.75, 3.05) is 0 Å². The summed E-state index contributed by atoms with van der Waals surface area (Å²) >= 11 is 5.87. The van der Waals surface area contributed by atoms with E-state index in [-0.39, 0.29) is 0 Å². The minimum Gasteiger partial charge on any atom is -0.466 e. The van der Waals surface area contributed by atoms with Crippen LogP contribution in [-0.4, -0.2) is 22.0 Å². The van der Waals surface area contributed by atoms with E-state index >= 15 is 0 Å². The zero-order valence-electron chi connectivity index (χ0n) is 13.5. The number of carbonyl (C=O) groups is 2. The monoisotopic (exact) mass is 358 g/mol. The van der Waals surface area contributed by atoms with Gasteiger partial charge in [-0.15, -0.1) is 0 Å². The maximum atomic E-state index is 12.4. The fraction of sp³-hybridized carbons (Fsp3) is 0.118. The molecule has 1 aromatic carbocycles. The van der Waals surface area contributed by atoms with Gasteiger partial charge in [0.2, 0.25) is 0 Å². The van der Waals surface area contributed by atoms with Gasteiger partial charge in [0.25, 0.3) is 11.8 Å². The quantitative estimate of drug-likeness (QED) is 0.626. The highest BCUT2D eigenvalue weighted by molar-refractivity contribution is 6.30. The zero-order valence-corrected chi connectivity index (χ0v) is 14.3. The summed E-state index contributed by atoms with van der Waals surface area (Å²) in [5, 5.41) is 7.26. The Kier molecular flexibility index (Phi) is 4.58. The molecule has 0 unspecified atom stereocenters. The summed E-state index contributed by atoms with van der Waals surface area (Å²) in [5.41, 5.74) is 6.68. The number of aromatic amines is 1. The number of hydrogen-bond donors (Lipinski definition) is 3. The van der Waals surface area contributed by atoms with Gasteiger partial charge in [0.15, 0.2) is 0 Å². The molecule has 0 aliphatic heterocycles. The predicted molar refractivity (Wildman–Crippen MR) is 92.1 cm³/mol. The SMILES string of the molecule is Cc1cc(C(=O)NNC(=O)c2cn[nH]c2-c2ccc(Cl)cc2)c(C)o1. The Hall–Kier alpha value is -3.06. The molecule has 0 fully saturated rings. The molecule has 8 heteroatoms. The van der Waals surface area contributed by atoms with Crippen molar-refractivity contribution < 1.29 is 14.0 Å². The molecule has 0 bridgehead atoms. The maximum absolute atomic E-state index is 12.4. The van der Waals surface area contributed by atoms with Gasteiger partial charge in [-0.1, -0.05) is 23.7 Å². The molecule has 0 aliphatic rings. The molecular weight excluding hydrogens is 344 g/mol. The summed E-state index contributed by atoms with van der Waals surface area (Å²) in [7, 11) is 0. The Bertz CT molecular complexity index is 928. The lowest BCUT2D eigenvalue weighted by molar-refractivity contribution is 0.0846. The molecule has 0 saturated heterocycles. The lowest BCUT2D eigenvalue weighted by atomic mass is 10.1. The van der Waals surface area contributed by atoms with Crippen LogP contribution in [0, 0.1) is 13.8 Å². The fourth-order valence-electron chi connectivity index (χ4n) is 2.40. The summed E-state index contributed by atoms with van der Waals surface area (Å²) in [6, 6.07) is 8.57. The summed E-state index contributed by atoms with van der Waals surface area (Å²) < 4.78 is 5.30. The van der Waals surface area contributed by atoms with Crippen molar-refractivity contribution in [2.24, 2.45) is 0 Å². The van der Waals surface area contributed by atoms with Crippen molar-refractivity contribution in [1.82, 2.24) is 21.0 Å². The number of benzene rings is 1. The topological polar surface area (TPSA) is 100 Å². The third-order valence-corrected chi connectivity index (χ3v) is 3.84. The van der Waals surface area contributed by atoms with Gasteiger partial charge in [0.05, 0.1) is 23.0 Å². The third kappa shape index (κ3) is 3.56. The predicted octanol–water partition coefficient (Wildman–Crippen LogP) is 3.01. The normalized spacial score (nSPS) is 10.5. The van der Waals surface area contributed by atoms with E-state index in [1.807, 2.05) is 0 Å². The largest absolute Gasteiger partial charge is 0.466 e. The van der Waals surface area contributed by atoms with Crippen LogP contribution in [0.2, 0.25) is 5.02 Å². The van der Waals surface area contributed by atoms with Crippen molar-refractivity contribution >= 4 is 23.4 Å². The number of carbonyl (C=O) groups excluding carboxylic acids is 2. The lowest BCUT2D eigenvalue weighted by Gasteiger charge is -2.07. The number of nitrogens with zero attached hydrogens (tertiary/aromatic N) is 1. The zero-order chi connectivity index (χ0) is 18.0. The van der Waals surface area contributed by atoms with Gasteiger partial charge < -0.3 is 4.42 Å². The minimum atomic E-state index is -0.495. The molecular formula is C17H15ClN4O3. The number of H-pyrrole nitrogens is 1. The number of rotatable bonds is 3. The standard InChI is InChI=1S/C17H15ClN4O3/c1-9-7-13(10(2)25-9)16(23)21-22-17(24)14-8-19-20-15(14)11-3-5-12(18)6-4-11/h3-8H,1-2H3,(H,19,20)(H,21,23)(H,22,24). The molecule has 3 aromatic rings. The summed E-state index contributed by atoms with van der Waals surface area (Å²) in [5.74, 6) is 0.146. The molecule has 0 spiro atoms. The Balaban J connectivity index is 1.72. The van der Waals surface area contributed by atoms with Crippen molar-refractivity contribution in [3.8, 4) is 11.3 Å². The number of aromatic nitrogens is 2. The molecule has 2 aromatic heterocycles. The average Bonchev–Trinajstić information content (AvgIpc) is 3.19. The second-order valence-corrected chi connectivity index (χ2v) is 5.84. The highest BCUT2D eigenvalue weighted by Gasteiger charge is 2.18. The van der Waals surface area contributed by atoms with Crippen LogP contribution in [0.5, 0.6) is 0 Å². The molecule has 128 valence electrons. The maximum Gasteiger partial charge on any atom is 0.273 e. The van der Waals surface area contributed by atoms with Gasteiger partial charge >= 0.3 is 0 Å². The second-order valence-electron chi connectivity index (χ2n) is 5.40. The Morgan fingerprint density at radius 1 is 1.08 bits per heavy atom. The Labute approximate surface area is 148 Å². The van der Waals surface area contributed by atoms with Crippen LogP contribution in [0.3, 0.4) is 0 Å². The minimum absolute atomic E-state index is 0.294. The molecule has 3 N–H and O–H groups in total. The molecule has 0 atom stereocenters. The molecule has 0 radical (unpaired) electrons. The molecule has 0 saturated carbocycles. The number of furan rings is 1. The van der Waals surface area contributed by atoms with E-state index in [4.69, 9.17) is 16.0 Å². The van der Waals surface area contributed by atoms with E-state index in [0.29, 0.717) is 33.4 Å². The van der Waals surface area contributed by atoms with Crippen molar-refractivity contribution in [3.63, 3.8) is 0 Å². The van der Waals surface area contributed by atoms with Gasteiger partial charge in [-0.05, 0) is 32.0 Å². The van der Waals surface area contributed by atoms with E-state index in [9.17, 15) is 9.59 Å². The molecule has 2 amide bonds. The average molecular weight is 359 g/mol. The van der Waals surface area contributed by atoms with E-state index < -0.39 is 11.8 Å². The van der Waals surface area contributed by atoms with Crippen LogP contribution in [0.15, 0.2) is 40.9 Å². The van der Waals surface area contributed by atoms with Crippen LogP contribution in [0.25, 0.3) is 11.3 Å². The Morgan fingerprint density at radius 3 is 2.32 bits per heavy atom. The van der Waals surface area contributed by atoms with E-state index in [1.165, 1.54) is 6.20 Å². The molecule has 3 rings (SSSR count). The number of amides is 2. The van der Waals surface area contributed by atoms with Crippen molar-refractivity contribution in [1.29, 1.82) is 0 Å². The third-order valence-electron chi connectivity index (χ3n) is 3.59. The number of hydrogen-bond acceptors (Lipinski definition) is 4. The summed E-state index contributed by atoms with van der Waals surface area (Å²) in [6.45, 7) is 3.42. The molecule has 7 nitrogen and oxygen atoms in total. The lowest BCUT2D eigenvalue weighted by Crippen LogP contribution is -2.41. The highest BCUT2D eigenvalue weighted by Crippen LogP contribution is 2.22. The van der Waals surface area contributed by atoms with Gasteiger partial charge in [0.1, 0.15) is 11.5 Å². The summed E-state index contributed by atoms with van der Waals surface area (Å²) in [4.78, 5) is 24.5. The number of halogens is 1. The van der Waals surface area contributed by atoms with E-state index in [2.05, 4.69) is 21.0 Å². The van der Waals surface area contributed by atoms with Gasteiger partial charge in [-0.2, -0.15) is 5.10 Å². The first-order valence-electron chi connectivity index (χ1n) is 7.42. The molecule has 2 heterocycles. The van der Waals surface area contributed by atoms with E-state index in [0.717, 1.165) is 5.56 Å². The number of hydrazine groups is 1. The summed E-state index contributed by atoms with van der Waals surface area (Å²) in [6.07, 6.45) is 1.39. The molecule has 0 aliphatic carbocycles. The Morgan fingerprint density at radius 2 is 1.72 bits per heavy atom. The van der Waals surface area contributed by atoms with Crippen LogP contribution in [-0.2, 0) is 0 Å². The van der Waals surface area contributed by atoms with Crippen LogP contribution < -0.4 is 10.9 Å². The van der Waals surface area contributed by atoms with Gasteiger partial charge in [-0.25, -0.2) is 0 Å². The highest BCUT2D eigenvalue weighted by atomic mass is 35.5. The van der Waals surface area contributed by atoms with Crippen LogP contribution in [0.4, 0.5) is 0 Å². The van der Waals surface area contributed by atoms with Gasteiger partial charge in [0, 0.05) is 10.6 Å². The van der Waals surface area contributed by atoms with Crippen molar-refractivity contribution in [3.05, 3.63) is 64.2 Å². The molecule has 25 heavy (non-hydrogen) atoms. The fourth-order valence-corrected chi connectivity index (χ4v) is 2.53. The first-order valence-corrected chi connectivity index (χ1v) is 7.80. The first-order chi connectivity index (χ1) is 12.0. The number of aryl methyl sites for hydroxylation is 2. The smallest absolute Gasteiger partial charge is 0.273 e.